The van der Waals surface area contributed by atoms with E-state index in [0.717, 1.165) is 23.3 Å². The van der Waals surface area contributed by atoms with Crippen LogP contribution in [0.15, 0.2) is 42.7 Å². The smallest absolute Gasteiger partial charge is 0.416 e. The van der Waals surface area contributed by atoms with Gasteiger partial charge in [0.15, 0.2) is 5.82 Å². The van der Waals surface area contributed by atoms with Crippen LogP contribution in [0.4, 0.5) is 30.4 Å². The summed E-state index contributed by atoms with van der Waals surface area (Å²) in [7, 11) is 0. The number of anilines is 3. The van der Waals surface area contributed by atoms with E-state index >= 15 is 0 Å². The van der Waals surface area contributed by atoms with Crippen molar-refractivity contribution in [1.29, 1.82) is 0 Å². The molecule has 0 aliphatic carbocycles. The summed E-state index contributed by atoms with van der Waals surface area (Å²) in [5.74, 6) is 0.687. The first kappa shape index (κ1) is 19.8. The van der Waals surface area contributed by atoms with Crippen LogP contribution in [-0.2, 0) is 6.18 Å². The van der Waals surface area contributed by atoms with Gasteiger partial charge in [-0.05, 0) is 55.3 Å². The van der Waals surface area contributed by atoms with Crippen molar-refractivity contribution < 1.29 is 17.9 Å². The van der Waals surface area contributed by atoms with Gasteiger partial charge in [-0.15, -0.1) is 0 Å². The van der Waals surface area contributed by atoms with Crippen molar-refractivity contribution in [2.45, 2.75) is 20.0 Å². The molecule has 3 rings (SSSR count). The number of ether oxygens (including phenoxy) is 1. The maximum Gasteiger partial charge on any atom is 0.416 e. The fourth-order valence-electron chi connectivity index (χ4n) is 2.55. The molecule has 0 atom stereocenters. The number of hydrogen-bond donors (Lipinski definition) is 2. The lowest BCUT2D eigenvalue weighted by Gasteiger charge is -2.14. The van der Waals surface area contributed by atoms with Gasteiger partial charge in [-0.2, -0.15) is 18.2 Å². The number of aromatic nitrogens is 2. The van der Waals surface area contributed by atoms with Crippen LogP contribution in [0.3, 0.4) is 0 Å². The average molecular weight is 409 g/mol. The summed E-state index contributed by atoms with van der Waals surface area (Å²) < 4.78 is 44.4. The van der Waals surface area contributed by atoms with Gasteiger partial charge in [0, 0.05) is 10.7 Å². The lowest BCUT2D eigenvalue weighted by atomic mass is 10.1. The quantitative estimate of drug-likeness (QED) is 0.563. The minimum atomic E-state index is -4.45. The summed E-state index contributed by atoms with van der Waals surface area (Å²) in [6.07, 6.45) is -3.25. The number of nitrogens with zero attached hydrogens (tertiary/aromatic N) is 2. The molecule has 0 saturated carbocycles. The van der Waals surface area contributed by atoms with Gasteiger partial charge in [-0.3, -0.25) is 0 Å². The molecule has 0 saturated heterocycles. The second kappa shape index (κ2) is 7.55. The Hall–Kier alpha value is -3.00. The number of nitrogens with two attached hydrogens (primary N) is 1. The molecule has 9 heteroatoms. The summed E-state index contributed by atoms with van der Waals surface area (Å²) in [6, 6.07) is 8.18. The van der Waals surface area contributed by atoms with E-state index in [-0.39, 0.29) is 23.1 Å². The standard InChI is InChI=1S/C19H16ClF3N4O/c1-10-6-14(7-11(2)15(10)20)28-18-16(24)17(25-9-26-18)27-13-5-3-4-12(8-13)19(21,22)23/h3-9H,24H2,1-2H3,(H,25,26,27). The first-order valence-corrected chi connectivity index (χ1v) is 8.52. The molecule has 146 valence electrons. The van der Waals surface area contributed by atoms with E-state index in [1.165, 1.54) is 18.5 Å². The fraction of sp³-hybridized carbons (Fsp3) is 0.158. The maximum absolute atomic E-state index is 12.9. The largest absolute Gasteiger partial charge is 0.437 e. The zero-order chi connectivity index (χ0) is 20.5. The van der Waals surface area contributed by atoms with Crippen molar-refractivity contribution in [3.05, 3.63) is 64.4 Å². The van der Waals surface area contributed by atoms with E-state index in [2.05, 4.69) is 15.3 Å². The van der Waals surface area contributed by atoms with Crippen LogP contribution in [0.25, 0.3) is 0 Å². The second-order valence-corrected chi connectivity index (χ2v) is 6.50. The molecule has 5 nitrogen and oxygen atoms in total. The first-order valence-electron chi connectivity index (χ1n) is 8.14. The zero-order valence-electron chi connectivity index (χ0n) is 14.9. The van der Waals surface area contributed by atoms with Crippen LogP contribution in [0.2, 0.25) is 5.02 Å². The van der Waals surface area contributed by atoms with Gasteiger partial charge in [0.2, 0.25) is 5.88 Å². The zero-order valence-corrected chi connectivity index (χ0v) is 15.7. The van der Waals surface area contributed by atoms with Gasteiger partial charge in [0.1, 0.15) is 17.8 Å². The van der Waals surface area contributed by atoms with Gasteiger partial charge < -0.3 is 15.8 Å². The van der Waals surface area contributed by atoms with E-state index in [4.69, 9.17) is 22.1 Å². The number of nitrogen functional groups attached to an aromatic ring is 1. The molecule has 0 bridgehead atoms. The molecule has 0 unspecified atom stereocenters. The Bertz CT molecular complexity index is 1000. The third kappa shape index (κ3) is 4.28. The van der Waals surface area contributed by atoms with Gasteiger partial charge >= 0.3 is 6.18 Å². The number of alkyl halides is 3. The second-order valence-electron chi connectivity index (χ2n) is 6.12. The molecule has 2 aromatic carbocycles. The summed E-state index contributed by atoms with van der Waals surface area (Å²) in [6.45, 7) is 3.68. The van der Waals surface area contributed by atoms with Gasteiger partial charge in [0.25, 0.3) is 0 Å². The highest BCUT2D eigenvalue weighted by Crippen LogP contribution is 2.35. The normalized spacial score (nSPS) is 11.4. The highest BCUT2D eigenvalue weighted by atomic mass is 35.5. The van der Waals surface area contributed by atoms with Crippen LogP contribution in [-0.4, -0.2) is 9.97 Å². The van der Waals surface area contributed by atoms with E-state index in [0.29, 0.717) is 10.8 Å². The molecule has 0 spiro atoms. The Morgan fingerprint density at radius 3 is 2.39 bits per heavy atom. The number of rotatable bonds is 4. The number of halogens is 4. The minimum Gasteiger partial charge on any atom is -0.437 e. The summed E-state index contributed by atoms with van der Waals surface area (Å²) in [5, 5.41) is 3.40. The predicted molar refractivity (Wildman–Crippen MR) is 102 cm³/mol. The van der Waals surface area contributed by atoms with Crippen LogP contribution >= 0.6 is 11.6 Å². The van der Waals surface area contributed by atoms with E-state index in [1.54, 1.807) is 12.1 Å². The SMILES string of the molecule is Cc1cc(Oc2ncnc(Nc3cccc(C(F)(F)F)c3)c2N)cc(C)c1Cl. The predicted octanol–water partition coefficient (Wildman–Crippen LogP) is 5.88. The Labute approximate surface area is 164 Å². The lowest BCUT2D eigenvalue weighted by molar-refractivity contribution is -0.137. The third-order valence-electron chi connectivity index (χ3n) is 3.92. The fourth-order valence-corrected chi connectivity index (χ4v) is 2.66. The van der Waals surface area contributed by atoms with Gasteiger partial charge in [-0.1, -0.05) is 17.7 Å². The molecule has 1 aromatic heterocycles. The highest BCUT2D eigenvalue weighted by molar-refractivity contribution is 6.32. The number of benzene rings is 2. The highest BCUT2D eigenvalue weighted by Gasteiger charge is 2.30. The Morgan fingerprint density at radius 1 is 1.07 bits per heavy atom. The molecular weight excluding hydrogens is 393 g/mol. The van der Waals surface area contributed by atoms with Gasteiger partial charge in [0.05, 0.1) is 5.56 Å². The molecule has 0 aliphatic heterocycles. The van der Waals surface area contributed by atoms with Crippen molar-refractivity contribution in [3.63, 3.8) is 0 Å². The summed E-state index contributed by atoms with van der Waals surface area (Å²) in [4.78, 5) is 7.99. The molecule has 3 aromatic rings. The Balaban J connectivity index is 1.88. The molecule has 1 heterocycles. The van der Waals surface area contributed by atoms with Crippen molar-refractivity contribution in [2.24, 2.45) is 0 Å². The van der Waals surface area contributed by atoms with Crippen molar-refractivity contribution in [1.82, 2.24) is 9.97 Å². The van der Waals surface area contributed by atoms with Crippen molar-refractivity contribution >= 4 is 28.8 Å². The molecule has 3 N–H and O–H groups in total. The summed E-state index contributed by atoms with van der Waals surface area (Å²) in [5.41, 5.74) is 7.16. The van der Waals surface area contributed by atoms with Crippen molar-refractivity contribution in [3.8, 4) is 11.6 Å². The molecular formula is C19H16ClF3N4O. The maximum atomic E-state index is 12.9. The topological polar surface area (TPSA) is 73.1 Å². The Kier molecular flexibility index (Phi) is 5.33. The molecule has 0 amide bonds. The Morgan fingerprint density at radius 2 is 1.75 bits per heavy atom. The van der Waals surface area contributed by atoms with Gasteiger partial charge in [-0.25, -0.2) is 4.98 Å². The van der Waals surface area contributed by atoms with Crippen LogP contribution in [0, 0.1) is 13.8 Å². The molecule has 0 fully saturated rings. The number of aryl methyl sites for hydroxylation is 2. The number of nitrogens with one attached hydrogen (secondary N) is 1. The van der Waals surface area contributed by atoms with E-state index < -0.39 is 11.7 Å². The van der Waals surface area contributed by atoms with Crippen LogP contribution in [0.5, 0.6) is 11.6 Å². The molecule has 0 radical (unpaired) electrons. The lowest BCUT2D eigenvalue weighted by Crippen LogP contribution is -2.06. The van der Waals surface area contributed by atoms with E-state index in [9.17, 15) is 13.2 Å². The van der Waals surface area contributed by atoms with Crippen LogP contribution < -0.4 is 15.8 Å². The first-order chi connectivity index (χ1) is 13.1. The van der Waals surface area contributed by atoms with E-state index in [1.807, 2.05) is 13.8 Å². The monoisotopic (exact) mass is 408 g/mol. The van der Waals surface area contributed by atoms with Crippen LogP contribution in [0.1, 0.15) is 16.7 Å². The van der Waals surface area contributed by atoms with Crippen molar-refractivity contribution in [2.75, 3.05) is 11.1 Å². The minimum absolute atomic E-state index is 0.0603. The molecule has 0 aliphatic rings. The number of hydrogen-bond acceptors (Lipinski definition) is 5. The molecule has 28 heavy (non-hydrogen) atoms. The summed E-state index contributed by atoms with van der Waals surface area (Å²) >= 11 is 6.15. The third-order valence-corrected chi connectivity index (χ3v) is 4.52. The average Bonchev–Trinajstić information content (AvgIpc) is 2.62.